The van der Waals surface area contributed by atoms with Crippen LogP contribution < -0.4 is 5.73 Å². The number of rotatable bonds is 5. The summed E-state index contributed by atoms with van der Waals surface area (Å²) in [5, 5.41) is 9.46. The van der Waals surface area contributed by atoms with Crippen LogP contribution in [0.5, 0.6) is 0 Å². The minimum absolute atomic E-state index is 0.392. The number of piperazine rings is 1. The molecular formula is C21H23F6N3O. The summed E-state index contributed by atoms with van der Waals surface area (Å²) < 4.78 is 77.9. The van der Waals surface area contributed by atoms with Gasteiger partial charge >= 0.3 is 12.4 Å². The molecule has 3 N–H and O–H groups in total. The third-order valence-corrected chi connectivity index (χ3v) is 5.42. The van der Waals surface area contributed by atoms with E-state index in [1.165, 1.54) is 12.1 Å². The van der Waals surface area contributed by atoms with Gasteiger partial charge in [0.05, 0.1) is 0 Å². The van der Waals surface area contributed by atoms with Crippen molar-refractivity contribution in [2.24, 2.45) is 0 Å². The number of anilines is 1. The van der Waals surface area contributed by atoms with Crippen molar-refractivity contribution in [1.82, 2.24) is 9.80 Å². The summed E-state index contributed by atoms with van der Waals surface area (Å²) in [4.78, 5) is 4.33. The highest BCUT2D eigenvalue weighted by Gasteiger charge is 2.71. The zero-order valence-electron chi connectivity index (χ0n) is 16.5. The van der Waals surface area contributed by atoms with E-state index in [0.717, 1.165) is 25.2 Å². The lowest BCUT2D eigenvalue weighted by Gasteiger charge is -2.35. The predicted molar refractivity (Wildman–Crippen MR) is 104 cm³/mol. The van der Waals surface area contributed by atoms with Crippen molar-refractivity contribution in [2.75, 3.05) is 31.9 Å². The number of nitrogens with two attached hydrogens (primary N) is 1. The average molecular weight is 447 g/mol. The van der Waals surface area contributed by atoms with Crippen LogP contribution in [0.1, 0.15) is 16.7 Å². The molecule has 0 amide bonds. The molecule has 0 spiro atoms. The fourth-order valence-corrected chi connectivity index (χ4v) is 3.65. The van der Waals surface area contributed by atoms with Crippen molar-refractivity contribution in [3.63, 3.8) is 0 Å². The topological polar surface area (TPSA) is 52.7 Å². The molecule has 0 bridgehead atoms. The van der Waals surface area contributed by atoms with E-state index in [4.69, 9.17) is 5.73 Å². The number of alkyl halides is 6. The highest BCUT2D eigenvalue weighted by molar-refractivity contribution is 5.40. The fraction of sp³-hybridized carbons (Fsp3) is 0.429. The number of benzene rings is 2. The number of hydrogen-bond acceptors (Lipinski definition) is 4. The molecule has 2 aromatic carbocycles. The number of nitrogen functional groups attached to an aromatic ring is 1. The van der Waals surface area contributed by atoms with Crippen LogP contribution in [-0.4, -0.2) is 53.4 Å². The van der Waals surface area contributed by atoms with Crippen molar-refractivity contribution in [1.29, 1.82) is 0 Å². The van der Waals surface area contributed by atoms with Crippen LogP contribution in [0, 0.1) is 0 Å². The first-order valence-electron chi connectivity index (χ1n) is 9.64. The fourth-order valence-electron chi connectivity index (χ4n) is 3.65. The van der Waals surface area contributed by atoms with Crippen molar-refractivity contribution in [3.8, 4) is 0 Å². The minimum Gasteiger partial charge on any atom is -0.399 e. The van der Waals surface area contributed by atoms with Gasteiger partial charge in [0.2, 0.25) is 0 Å². The van der Waals surface area contributed by atoms with Crippen LogP contribution in [-0.2, 0) is 18.7 Å². The van der Waals surface area contributed by atoms with E-state index >= 15 is 0 Å². The van der Waals surface area contributed by atoms with Crippen LogP contribution in [0.15, 0.2) is 48.5 Å². The SMILES string of the molecule is Nc1cccc(CN2CCN(Cc3ccc(C(O)(C(F)(F)F)C(F)(F)F)cc3)CC2)c1. The van der Waals surface area contributed by atoms with Crippen LogP contribution in [0.2, 0.25) is 0 Å². The van der Waals surface area contributed by atoms with Crippen LogP contribution >= 0.6 is 0 Å². The van der Waals surface area contributed by atoms with Crippen molar-refractivity contribution in [3.05, 3.63) is 65.2 Å². The predicted octanol–water partition coefficient (Wildman–Crippen LogP) is 3.90. The third-order valence-electron chi connectivity index (χ3n) is 5.42. The Morgan fingerprint density at radius 1 is 0.742 bits per heavy atom. The quantitative estimate of drug-likeness (QED) is 0.539. The highest BCUT2D eigenvalue weighted by atomic mass is 19.4. The summed E-state index contributed by atoms with van der Waals surface area (Å²) in [7, 11) is 0. The molecule has 1 aliphatic rings. The van der Waals surface area contributed by atoms with E-state index < -0.39 is 23.5 Å². The van der Waals surface area contributed by atoms with Crippen molar-refractivity contribution < 1.29 is 31.4 Å². The molecule has 31 heavy (non-hydrogen) atoms. The zero-order valence-corrected chi connectivity index (χ0v) is 16.5. The van der Waals surface area contributed by atoms with E-state index in [1.54, 1.807) is 0 Å². The minimum atomic E-state index is -5.88. The van der Waals surface area contributed by atoms with E-state index in [-0.39, 0.29) is 0 Å². The second-order valence-corrected chi connectivity index (χ2v) is 7.70. The molecule has 1 heterocycles. The van der Waals surface area contributed by atoms with Gasteiger partial charge < -0.3 is 10.8 Å². The Labute approximate surface area is 175 Å². The van der Waals surface area contributed by atoms with Gasteiger partial charge in [-0.05, 0) is 23.3 Å². The molecule has 0 aliphatic carbocycles. The summed E-state index contributed by atoms with van der Waals surface area (Å²) in [6.07, 6.45) is -11.8. The maximum Gasteiger partial charge on any atom is 0.430 e. The van der Waals surface area contributed by atoms with E-state index in [1.807, 2.05) is 24.3 Å². The Morgan fingerprint density at radius 3 is 1.68 bits per heavy atom. The van der Waals surface area contributed by atoms with Gasteiger partial charge in [0.1, 0.15) is 0 Å². The first kappa shape index (κ1) is 23.4. The van der Waals surface area contributed by atoms with Gasteiger partial charge in [-0.2, -0.15) is 26.3 Å². The summed E-state index contributed by atoms with van der Waals surface area (Å²) >= 11 is 0. The highest BCUT2D eigenvalue weighted by Crippen LogP contribution is 2.49. The summed E-state index contributed by atoms with van der Waals surface area (Å²) in [6.45, 7) is 4.10. The van der Waals surface area contributed by atoms with Gasteiger partial charge in [0, 0.05) is 50.5 Å². The Kier molecular flexibility index (Phi) is 6.54. The molecule has 2 aromatic rings. The van der Waals surface area contributed by atoms with Gasteiger partial charge in [-0.15, -0.1) is 0 Å². The van der Waals surface area contributed by atoms with Crippen LogP contribution in [0.3, 0.4) is 0 Å². The van der Waals surface area contributed by atoms with Gasteiger partial charge in [0.25, 0.3) is 5.60 Å². The molecule has 3 rings (SSSR count). The van der Waals surface area contributed by atoms with E-state index in [9.17, 15) is 31.4 Å². The van der Waals surface area contributed by atoms with E-state index in [2.05, 4.69) is 9.80 Å². The largest absolute Gasteiger partial charge is 0.430 e. The Bertz CT molecular complexity index is 860. The lowest BCUT2D eigenvalue weighted by atomic mass is 9.91. The Morgan fingerprint density at radius 2 is 1.23 bits per heavy atom. The molecule has 0 atom stereocenters. The van der Waals surface area contributed by atoms with Gasteiger partial charge in [-0.1, -0.05) is 36.4 Å². The Balaban J connectivity index is 1.60. The van der Waals surface area contributed by atoms with Crippen LogP contribution in [0.25, 0.3) is 0 Å². The summed E-state index contributed by atoms with van der Waals surface area (Å²) in [5.74, 6) is 0. The molecule has 4 nitrogen and oxygen atoms in total. The lowest BCUT2D eigenvalue weighted by Crippen LogP contribution is -2.53. The lowest BCUT2D eigenvalue weighted by molar-refractivity contribution is -0.376. The molecule has 170 valence electrons. The molecule has 0 aromatic heterocycles. The maximum atomic E-state index is 13.0. The molecule has 1 saturated heterocycles. The molecule has 0 unspecified atom stereocenters. The Hall–Kier alpha value is -2.30. The first-order valence-corrected chi connectivity index (χ1v) is 9.64. The van der Waals surface area contributed by atoms with Gasteiger partial charge in [-0.25, -0.2) is 0 Å². The monoisotopic (exact) mass is 447 g/mol. The molecule has 1 aliphatic heterocycles. The smallest absolute Gasteiger partial charge is 0.399 e. The molecule has 1 fully saturated rings. The normalized spacial score (nSPS) is 17.1. The molecule has 10 heteroatoms. The van der Waals surface area contributed by atoms with Gasteiger partial charge in [0.15, 0.2) is 0 Å². The molecule has 0 saturated carbocycles. The average Bonchev–Trinajstić information content (AvgIpc) is 2.68. The number of nitrogens with zero attached hydrogens (tertiary/aromatic N) is 2. The maximum absolute atomic E-state index is 13.0. The molecule has 0 radical (unpaired) electrons. The van der Waals surface area contributed by atoms with Crippen molar-refractivity contribution >= 4 is 5.69 Å². The van der Waals surface area contributed by atoms with Crippen LogP contribution in [0.4, 0.5) is 32.0 Å². The third kappa shape index (κ3) is 5.13. The zero-order chi connectivity index (χ0) is 22.9. The second-order valence-electron chi connectivity index (χ2n) is 7.70. The molecular weight excluding hydrogens is 424 g/mol. The first-order chi connectivity index (χ1) is 14.4. The number of hydrogen-bond donors (Lipinski definition) is 2. The summed E-state index contributed by atoms with van der Waals surface area (Å²) in [5.41, 5.74) is 2.01. The number of aliphatic hydroxyl groups is 1. The van der Waals surface area contributed by atoms with Crippen molar-refractivity contribution in [2.45, 2.75) is 31.0 Å². The standard InChI is InChI=1S/C21H23F6N3O/c22-20(23,24)19(31,21(25,26)27)17-6-4-15(5-7-17)13-29-8-10-30(11-9-29)14-16-2-1-3-18(28)12-16/h1-7,12,31H,8-11,13-14,28H2. The second kappa shape index (κ2) is 8.68. The van der Waals surface area contributed by atoms with E-state index in [0.29, 0.717) is 43.0 Å². The number of halogens is 6. The summed E-state index contributed by atoms with van der Waals surface area (Å²) in [6, 6.07) is 11.4. The van der Waals surface area contributed by atoms with Gasteiger partial charge in [-0.3, -0.25) is 9.80 Å².